The fourth-order valence-corrected chi connectivity index (χ4v) is 2.62. The molecular formula is C14H24N4. The highest BCUT2D eigenvalue weighted by molar-refractivity contribution is 5.35. The summed E-state index contributed by atoms with van der Waals surface area (Å²) in [6.07, 6.45) is 6.34. The third kappa shape index (κ3) is 2.75. The maximum atomic E-state index is 4.74. The topological polar surface area (TPSA) is 33.1 Å². The molecule has 18 heavy (non-hydrogen) atoms. The van der Waals surface area contributed by atoms with Crippen molar-refractivity contribution < 1.29 is 0 Å². The van der Waals surface area contributed by atoms with Gasteiger partial charge in [0.1, 0.15) is 0 Å². The van der Waals surface area contributed by atoms with Gasteiger partial charge in [-0.1, -0.05) is 13.0 Å². The molecule has 0 radical (unpaired) electrons. The van der Waals surface area contributed by atoms with Crippen LogP contribution in [-0.2, 0) is 13.0 Å². The van der Waals surface area contributed by atoms with Gasteiger partial charge in [-0.2, -0.15) is 0 Å². The lowest BCUT2D eigenvalue weighted by Crippen LogP contribution is -2.26. The molecule has 2 heterocycles. The summed E-state index contributed by atoms with van der Waals surface area (Å²) in [5, 5.41) is 3.27. The molecule has 1 saturated heterocycles. The molecule has 0 aliphatic carbocycles. The van der Waals surface area contributed by atoms with Crippen molar-refractivity contribution in [3.05, 3.63) is 24.5 Å². The highest BCUT2D eigenvalue weighted by Crippen LogP contribution is 2.23. The zero-order valence-electron chi connectivity index (χ0n) is 11.5. The van der Waals surface area contributed by atoms with Crippen molar-refractivity contribution >= 4 is 5.95 Å². The first-order valence-electron chi connectivity index (χ1n) is 6.85. The van der Waals surface area contributed by atoms with E-state index in [1.54, 1.807) is 0 Å². The molecule has 1 fully saturated rings. The first-order chi connectivity index (χ1) is 8.78. The van der Waals surface area contributed by atoms with Crippen molar-refractivity contribution in [2.24, 2.45) is 5.92 Å². The van der Waals surface area contributed by atoms with E-state index in [0.717, 1.165) is 44.5 Å². The predicted octanol–water partition coefficient (Wildman–Crippen LogP) is 1.68. The number of imidazole rings is 1. The van der Waals surface area contributed by atoms with Gasteiger partial charge >= 0.3 is 0 Å². The molecule has 0 spiro atoms. The van der Waals surface area contributed by atoms with Crippen LogP contribution in [-0.4, -0.2) is 36.2 Å². The number of allylic oxidation sites excluding steroid dienone is 1. The van der Waals surface area contributed by atoms with E-state index in [0.29, 0.717) is 0 Å². The Morgan fingerprint density at radius 3 is 3.11 bits per heavy atom. The van der Waals surface area contributed by atoms with Crippen molar-refractivity contribution in [1.29, 1.82) is 0 Å². The van der Waals surface area contributed by atoms with Gasteiger partial charge in [0, 0.05) is 25.8 Å². The molecule has 1 aromatic heterocycles. The van der Waals surface area contributed by atoms with E-state index in [1.807, 2.05) is 13.1 Å². The normalized spacial score (nSPS) is 19.4. The predicted molar refractivity (Wildman–Crippen MR) is 76.0 cm³/mol. The molecule has 1 unspecified atom stereocenters. The summed E-state index contributed by atoms with van der Waals surface area (Å²) in [6, 6.07) is 0. The Morgan fingerprint density at radius 2 is 2.44 bits per heavy atom. The summed E-state index contributed by atoms with van der Waals surface area (Å²) < 4.78 is 2.22. The Hall–Kier alpha value is -1.29. The molecule has 1 atom stereocenters. The molecule has 0 bridgehead atoms. The van der Waals surface area contributed by atoms with E-state index in [-0.39, 0.29) is 0 Å². The molecule has 0 aromatic carbocycles. The summed E-state index contributed by atoms with van der Waals surface area (Å²) in [7, 11) is 2.02. The maximum absolute atomic E-state index is 4.74. The zero-order valence-corrected chi connectivity index (χ0v) is 11.5. The van der Waals surface area contributed by atoms with Gasteiger partial charge in [-0.3, -0.25) is 0 Å². The third-order valence-electron chi connectivity index (χ3n) is 3.55. The fraction of sp³-hybridized carbons (Fsp3) is 0.643. The van der Waals surface area contributed by atoms with Crippen molar-refractivity contribution in [2.45, 2.75) is 26.3 Å². The van der Waals surface area contributed by atoms with Crippen LogP contribution in [0.4, 0.5) is 5.95 Å². The first-order valence-corrected chi connectivity index (χ1v) is 6.85. The quantitative estimate of drug-likeness (QED) is 0.778. The Bertz CT molecular complexity index is 396. The van der Waals surface area contributed by atoms with E-state index < -0.39 is 0 Å². The summed E-state index contributed by atoms with van der Waals surface area (Å²) >= 11 is 0. The van der Waals surface area contributed by atoms with Crippen LogP contribution in [0.15, 0.2) is 18.9 Å². The Balaban J connectivity index is 2.12. The monoisotopic (exact) mass is 248 g/mol. The summed E-state index contributed by atoms with van der Waals surface area (Å²) in [6.45, 7) is 10.1. The molecule has 100 valence electrons. The second-order valence-corrected chi connectivity index (χ2v) is 4.99. The lowest BCUT2D eigenvalue weighted by atomic mass is 10.1. The number of nitrogens with one attached hydrogen (secondary N) is 1. The van der Waals surface area contributed by atoms with Gasteiger partial charge in [0.05, 0.1) is 5.69 Å². The van der Waals surface area contributed by atoms with Crippen LogP contribution in [0, 0.1) is 5.92 Å². The maximum Gasteiger partial charge on any atom is 0.206 e. The number of nitrogens with zero attached hydrogens (tertiary/aromatic N) is 3. The van der Waals surface area contributed by atoms with Gasteiger partial charge in [0.25, 0.3) is 0 Å². The Morgan fingerprint density at radius 1 is 1.61 bits per heavy atom. The number of hydrogen-bond donors (Lipinski definition) is 1. The Kier molecular flexibility index (Phi) is 4.42. The van der Waals surface area contributed by atoms with Gasteiger partial charge in [-0.25, -0.2) is 4.98 Å². The molecule has 4 nitrogen and oxygen atoms in total. The molecule has 2 rings (SSSR count). The lowest BCUT2D eigenvalue weighted by Gasteiger charge is -2.18. The van der Waals surface area contributed by atoms with E-state index in [1.165, 1.54) is 12.1 Å². The molecule has 0 saturated carbocycles. The van der Waals surface area contributed by atoms with Crippen molar-refractivity contribution in [2.75, 3.05) is 31.6 Å². The SMILES string of the molecule is C=CCn1cc(CC)nc1N1CCC(CNC)C1. The van der Waals surface area contributed by atoms with Crippen LogP contribution in [0.5, 0.6) is 0 Å². The van der Waals surface area contributed by atoms with E-state index in [9.17, 15) is 0 Å². The fourth-order valence-electron chi connectivity index (χ4n) is 2.62. The standard InChI is InChI=1S/C14H24N4/c1-4-7-17-11-13(5-2)16-14(17)18-8-6-12(10-18)9-15-3/h4,11-12,15H,1,5-10H2,2-3H3. The van der Waals surface area contributed by atoms with Crippen LogP contribution in [0.25, 0.3) is 0 Å². The first kappa shape index (κ1) is 13.1. The number of rotatable bonds is 6. The van der Waals surface area contributed by atoms with E-state index in [4.69, 9.17) is 4.98 Å². The number of aryl methyl sites for hydroxylation is 1. The number of anilines is 1. The van der Waals surface area contributed by atoms with Gasteiger partial charge in [-0.15, -0.1) is 6.58 Å². The summed E-state index contributed by atoms with van der Waals surface area (Å²) in [4.78, 5) is 7.15. The van der Waals surface area contributed by atoms with E-state index in [2.05, 4.69) is 34.5 Å². The molecule has 0 amide bonds. The second kappa shape index (κ2) is 6.05. The van der Waals surface area contributed by atoms with Crippen LogP contribution in [0.3, 0.4) is 0 Å². The van der Waals surface area contributed by atoms with Gasteiger partial charge in [0.15, 0.2) is 0 Å². The van der Waals surface area contributed by atoms with E-state index >= 15 is 0 Å². The number of aromatic nitrogens is 2. The van der Waals surface area contributed by atoms with Crippen LogP contribution in [0.2, 0.25) is 0 Å². The summed E-state index contributed by atoms with van der Waals surface area (Å²) in [5.41, 5.74) is 1.17. The van der Waals surface area contributed by atoms with Gasteiger partial charge in [0.2, 0.25) is 5.95 Å². The zero-order chi connectivity index (χ0) is 13.0. The minimum absolute atomic E-state index is 0.744. The van der Waals surface area contributed by atoms with Gasteiger partial charge < -0.3 is 14.8 Å². The lowest BCUT2D eigenvalue weighted by molar-refractivity contribution is 0.548. The van der Waals surface area contributed by atoms with Crippen molar-refractivity contribution in [3.63, 3.8) is 0 Å². The van der Waals surface area contributed by atoms with Crippen molar-refractivity contribution in [1.82, 2.24) is 14.9 Å². The Labute approximate surface area is 110 Å². The van der Waals surface area contributed by atoms with Crippen LogP contribution in [0.1, 0.15) is 19.0 Å². The largest absolute Gasteiger partial charge is 0.342 e. The average molecular weight is 248 g/mol. The summed E-state index contributed by atoms with van der Waals surface area (Å²) in [5.74, 6) is 1.86. The molecule has 1 aliphatic heterocycles. The van der Waals surface area contributed by atoms with Crippen LogP contribution < -0.4 is 10.2 Å². The molecule has 4 heteroatoms. The molecule has 1 N–H and O–H groups in total. The molecule has 1 aliphatic rings. The van der Waals surface area contributed by atoms with Crippen LogP contribution >= 0.6 is 0 Å². The van der Waals surface area contributed by atoms with Crippen molar-refractivity contribution in [3.8, 4) is 0 Å². The third-order valence-corrected chi connectivity index (χ3v) is 3.55. The minimum Gasteiger partial charge on any atom is -0.342 e. The number of hydrogen-bond acceptors (Lipinski definition) is 3. The highest BCUT2D eigenvalue weighted by atomic mass is 15.3. The molecular weight excluding hydrogens is 224 g/mol. The van der Waals surface area contributed by atoms with Gasteiger partial charge in [-0.05, 0) is 32.4 Å². The smallest absolute Gasteiger partial charge is 0.206 e. The minimum atomic E-state index is 0.744. The molecule has 1 aromatic rings. The highest BCUT2D eigenvalue weighted by Gasteiger charge is 2.25. The second-order valence-electron chi connectivity index (χ2n) is 4.99. The average Bonchev–Trinajstić information content (AvgIpc) is 2.96.